The molecule has 5 aromatic rings. The number of carbonyl (C=O) groups excluding carboxylic acids is 10. The minimum absolute atomic E-state index is 0.0567. The van der Waals surface area contributed by atoms with Crippen LogP contribution in [-0.2, 0) is 128 Å². The normalized spacial score (nSPS) is 12.1. The molecule has 0 aliphatic heterocycles. The fraction of sp³-hybridized carbons (Fsp3) is 0.452. The van der Waals surface area contributed by atoms with E-state index >= 15 is 0 Å². The Balaban J connectivity index is 0.000000884. The van der Waals surface area contributed by atoms with Gasteiger partial charge in [0.15, 0.2) is 46.7 Å². The van der Waals surface area contributed by atoms with Gasteiger partial charge in [-0.05, 0) is 452 Å². The smallest absolute Gasteiger partial charge is 0.480 e. The van der Waals surface area contributed by atoms with Crippen LogP contribution in [0.3, 0.4) is 0 Å². The fourth-order valence-electron chi connectivity index (χ4n) is 8.66. The number of alkyl halides is 12. The quantitative estimate of drug-likeness (QED) is 0.00945. The summed E-state index contributed by atoms with van der Waals surface area (Å²) in [5.41, 5.74) is -19.8. The third-order valence-electron chi connectivity index (χ3n) is 14.9. The zero-order valence-electron chi connectivity index (χ0n) is 71.6. The molecule has 5 aromatic carbocycles. The van der Waals surface area contributed by atoms with Crippen LogP contribution in [0.5, 0.6) is 0 Å². The highest BCUT2D eigenvalue weighted by Crippen LogP contribution is 2.37. The van der Waals surface area contributed by atoms with Crippen LogP contribution >= 0.6 is 339 Å². The maximum absolute atomic E-state index is 12.5. The van der Waals surface area contributed by atoms with Crippen molar-refractivity contribution < 1.29 is 190 Å². The SMILES string of the molecule is CCC(Cc1c(I)cc(I)c(NC(=O)OC(C)(C)C)c1I)C(=O)OCC[N-]S(=O)(=O)C(F)(F)F.CS(=O)(=O)[N-]CCOC(=O)CCCCOC(=O)c1cc(I)cc(I)c1I.O=C(CCCOC(=O)c1cc(I)cc(I)c1I)OCC[N-]S(=O)(=O)C(F)(F)F.O=C(CCOC(=O)c1cc(I)cc(I)c1I)OCC[N-]S(=O)(=O)C(F)(F)F.O=C(COC(=O)c1cc(I)cc(I)c1I)OCC[N-]S(=O)(=O)C(F)(F)F. The Hall–Kier alpha value is 0.260. The average Bonchev–Trinajstić information content (AvgIpc) is 0.821. The van der Waals surface area contributed by atoms with E-state index < -0.39 is 197 Å². The van der Waals surface area contributed by atoms with Crippen LogP contribution in [0, 0.1) is 59.5 Å². The summed E-state index contributed by atoms with van der Waals surface area (Å²) in [5, 5.41) is 2.73. The molecule has 0 radical (unpaired) electrons. The molecule has 0 saturated heterocycles. The molecule has 68 heteroatoms. The Labute approximate surface area is 1000 Å². The Morgan fingerprint density at radius 3 is 0.965 bits per heavy atom. The zero-order valence-corrected chi connectivity index (χ0v) is 108. The number of carbonyl (C=O) groups is 10. The van der Waals surface area contributed by atoms with Crippen LogP contribution in [0.15, 0.2) is 54.6 Å². The molecule has 0 bridgehead atoms. The number of anilines is 1. The van der Waals surface area contributed by atoms with E-state index in [0.717, 1.165) is 54.7 Å². The summed E-state index contributed by atoms with van der Waals surface area (Å²) in [4.78, 5) is 119. The first-order chi connectivity index (χ1) is 64.5. The molecule has 0 fully saturated rings. The van der Waals surface area contributed by atoms with E-state index in [1.807, 2.05) is 166 Å². The molecule has 1 atom stereocenters. The number of esters is 9. The minimum Gasteiger partial charge on any atom is -0.547 e. The van der Waals surface area contributed by atoms with E-state index in [4.69, 9.17) is 33.2 Å². The summed E-state index contributed by atoms with van der Waals surface area (Å²) in [7, 11) is -25.8. The fourth-order valence-corrected chi connectivity index (χ4v) is 24.5. The van der Waals surface area contributed by atoms with Crippen LogP contribution < -0.4 is 5.32 Å². The third kappa shape index (κ3) is 54.8. The Bertz CT molecular complexity index is 5830. The summed E-state index contributed by atoms with van der Waals surface area (Å²) in [6.07, 6.45) is 1.83. The molecule has 1 N–H and O–H groups in total. The van der Waals surface area contributed by atoms with E-state index in [-0.39, 0.29) is 76.6 Å². The second kappa shape index (κ2) is 65.8. The van der Waals surface area contributed by atoms with Crippen LogP contribution in [0.25, 0.3) is 23.6 Å². The highest BCUT2D eigenvalue weighted by Gasteiger charge is 2.42. The van der Waals surface area contributed by atoms with Crippen LogP contribution in [0.2, 0.25) is 0 Å². The maximum Gasteiger partial charge on any atom is 0.480 e. The summed E-state index contributed by atoms with van der Waals surface area (Å²) < 4.78 is 327. The largest absolute Gasteiger partial charge is 0.547 e. The van der Waals surface area contributed by atoms with Gasteiger partial charge < -0.3 is 71.0 Å². The molecule has 5 rings (SSSR count). The molecule has 141 heavy (non-hydrogen) atoms. The van der Waals surface area contributed by atoms with Crippen molar-refractivity contribution in [2.24, 2.45) is 5.92 Å². The second-order valence-electron chi connectivity index (χ2n) is 27.0. The van der Waals surface area contributed by atoms with Gasteiger partial charge in [0, 0.05) is 72.7 Å². The lowest BCUT2D eigenvalue weighted by atomic mass is 9.96. The molecule has 0 aliphatic rings. The lowest BCUT2D eigenvalue weighted by molar-refractivity contribution is -0.148. The van der Waals surface area contributed by atoms with Crippen molar-refractivity contribution in [1.82, 2.24) is 0 Å². The van der Waals surface area contributed by atoms with E-state index in [1.54, 1.807) is 52.0 Å². The monoisotopic (exact) mass is 3800 g/mol. The molecule has 0 spiro atoms. The first kappa shape index (κ1) is 139. The molecule has 0 aromatic heterocycles. The lowest BCUT2D eigenvalue weighted by Gasteiger charge is -2.23. The molecule has 1 amide bonds. The summed E-state index contributed by atoms with van der Waals surface area (Å²) in [6, 6.07) is 16.1. The zero-order chi connectivity index (χ0) is 109. The highest BCUT2D eigenvalue weighted by atomic mass is 127. The van der Waals surface area contributed by atoms with Crippen LogP contribution in [-0.4, -0.2) is 228 Å². The minimum atomic E-state index is -5.63. The van der Waals surface area contributed by atoms with E-state index in [0.29, 0.717) is 52.4 Å². The third-order valence-corrected chi connectivity index (χ3v) is 37.7. The Kier molecular flexibility index (Phi) is 65.0. The highest BCUT2D eigenvalue weighted by molar-refractivity contribution is 14.1. The number of hydrogen-bond donors (Lipinski definition) is 1. The first-order valence-electron chi connectivity index (χ1n) is 37.6. The van der Waals surface area contributed by atoms with Gasteiger partial charge in [-0.3, -0.25) is 24.5 Å². The topological polar surface area (TPSA) is 516 Å². The molecule has 0 aliphatic carbocycles. The van der Waals surface area contributed by atoms with Crippen molar-refractivity contribution in [1.29, 1.82) is 0 Å². The van der Waals surface area contributed by atoms with Crippen molar-refractivity contribution >= 4 is 454 Å². The van der Waals surface area contributed by atoms with Crippen molar-refractivity contribution in [3.05, 3.63) is 160 Å². The summed E-state index contributed by atoms with van der Waals surface area (Å²) >= 11 is 31.0. The van der Waals surface area contributed by atoms with E-state index in [1.165, 1.54) is 0 Å². The van der Waals surface area contributed by atoms with E-state index in [2.05, 4.69) is 246 Å². The van der Waals surface area contributed by atoms with Gasteiger partial charge in [-0.2, -0.15) is 52.7 Å². The molecule has 0 saturated carbocycles. The van der Waals surface area contributed by atoms with Gasteiger partial charge in [0.2, 0.25) is 0 Å². The average molecular weight is 3800 g/mol. The number of nitrogens with one attached hydrogen (secondary N) is 1. The van der Waals surface area contributed by atoms with E-state index in [9.17, 15) is 143 Å². The van der Waals surface area contributed by atoms with Crippen molar-refractivity contribution in [2.45, 2.75) is 107 Å². The van der Waals surface area contributed by atoms with Gasteiger partial charge in [-0.1, -0.05) is 6.92 Å². The van der Waals surface area contributed by atoms with Gasteiger partial charge in [0.1, 0.15) is 12.2 Å². The number of benzene rings is 5. The number of rotatable bonds is 43. The standard InChI is InChI=1S/C19H23F3I3N2O6S.C15H17I3NO6S.C14H12F3I3NO6S.C13H10F3I3NO6S.C12H8F3I3NO6S/c1-5-10(16(28)32-7-6-26-34(30,31)19(20,21)22)8-11-12(23)9-13(24)15(14(11)25)27-17(29)33-18(2,3)4;1-26(22,23)19-5-7-24-13(20)4-2-3-6-25-15(21)11-8-10(16)9-12(17)14(11)18;15-14(16,17)28(24,25)21-3-5-26-11(22)2-1-4-27-13(23)9-6-8(18)7-10(19)12(9)20;14-13(15,16)27(23,24)20-2-4-25-10(21)1-3-26-12(22)8-5-7(17)6-9(18)11(8)19;13-12(14,15)26(22,23)19-1-2-24-9(20)5-25-11(21)7-3-6(16)4-8(17)10(7)18/h9-10H,5-8H2,1-4H3,(H,27,29);8-9H,2-7H2,1H3;6-7H,1-5H2;5-6H,1-4H2;3-4H,1-2,5H2/q5*-1. The predicted octanol–water partition coefficient (Wildman–Crippen LogP) is 21.3. The van der Waals surface area contributed by atoms with Gasteiger partial charge in [-0.15, -0.1) is 32.7 Å². The number of amides is 1. The van der Waals surface area contributed by atoms with Gasteiger partial charge in [-0.25, -0.2) is 70.9 Å². The number of hydrogen-bond acceptors (Lipinski definition) is 30. The Morgan fingerprint density at radius 2 is 0.638 bits per heavy atom. The van der Waals surface area contributed by atoms with Gasteiger partial charge in [0.05, 0.1) is 96.6 Å². The van der Waals surface area contributed by atoms with Crippen molar-refractivity contribution in [3.63, 3.8) is 0 Å². The van der Waals surface area contributed by atoms with Crippen molar-refractivity contribution in [2.75, 3.05) is 104 Å². The van der Waals surface area contributed by atoms with Crippen LogP contribution in [0.1, 0.15) is 120 Å². The first-order valence-corrected chi connectivity index (χ1v) is 61.4. The van der Waals surface area contributed by atoms with Crippen molar-refractivity contribution in [3.8, 4) is 0 Å². The second-order valence-corrected chi connectivity index (χ2v) is 52.7. The number of halogens is 27. The predicted molar refractivity (Wildman–Crippen MR) is 610 cm³/mol. The summed E-state index contributed by atoms with van der Waals surface area (Å²) in [5.74, 6) is -6.76. The number of ether oxygens (including phenoxy) is 10. The molecular weight excluding hydrogens is 3730 g/mol. The van der Waals surface area contributed by atoms with Gasteiger partial charge in [0.25, 0.3) is 0 Å². The number of sulfonamides is 5. The molecular formula is C73H70F12I15N6O30S5-5. The molecule has 0 heterocycles. The lowest BCUT2D eigenvalue weighted by Crippen LogP contribution is -2.28. The Morgan fingerprint density at radius 1 is 0.340 bits per heavy atom. The number of nitrogens with zero attached hydrogens (tertiary/aromatic N) is 5. The van der Waals surface area contributed by atoms with Gasteiger partial charge >= 0.3 is 81.9 Å². The molecule has 796 valence electrons. The maximum atomic E-state index is 12.5. The molecule has 1 unspecified atom stereocenters. The summed E-state index contributed by atoms with van der Waals surface area (Å²) in [6.45, 7) is -0.0369. The number of unbranched alkanes of at least 4 members (excludes halogenated alkanes) is 1. The molecule has 36 nitrogen and oxygen atoms in total. The van der Waals surface area contributed by atoms with Crippen LogP contribution in [0.4, 0.5) is 63.2 Å².